The SMILES string of the molecule is Cc1ccc(C2N(c3ccccc3)CC3CCC(C)(C)CC3N2c2ccccc2)s1. The van der Waals surface area contributed by atoms with E-state index >= 15 is 0 Å². The number of rotatable bonds is 3. The Balaban J connectivity index is 1.67. The van der Waals surface area contributed by atoms with Crippen molar-refractivity contribution < 1.29 is 0 Å². The highest BCUT2D eigenvalue weighted by molar-refractivity contribution is 7.12. The van der Waals surface area contributed by atoms with Crippen molar-refractivity contribution >= 4 is 22.7 Å². The van der Waals surface area contributed by atoms with Crippen LogP contribution < -0.4 is 9.80 Å². The van der Waals surface area contributed by atoms with Crippen molar-refractivity contribution in [2.24, 2.45) is 11.3 Å². The van der Waals surface area contributed by atoms with E-state index in [1.807, 2.05) is 11.3 Å². The first-order valence-corrected chi connectivity index (χ1v) is 12.0. The number of aryl methyl sites for hydroxylation is 1. The van der Waals surface area contributed by atoms with E-state index in [0.717, 1.165) is 6.54 Å². The number of para-hydroxylation sites is 2. The van der Waals surface area contributed by atoms with E-state index in [9.17, 15) is 0 Å². The van der Waals surface area contributed by atoms with Gasteiger partial charge in [0.25, 0.3) is 0 Å². The molecule has 0 amide bonds. The quantitative estimate of drug-likeness (QED) is 0.443. The lowest BCUT2D eigenvalue weighted by atomic mass is 9.68. The molecule has 1 aromatic heterocycles. The molecule has 1 saturated heterocycles. The summed E-state index contributed by atoms with van der Waals surface area (Å²) in [7, 11) is 0. The highest BCUT2D eigenvalue weighted by Gasteiger charge is 2.47. The summed E-state index contributed by atoms with van der Waals surface area (Å²) in [6.07, 6.45) is 4.13. The van der Waals surface area contributed by atoms with Crippen LogP contribution in [0.25, 0.3) is 0 Å². The highest BCUT2D eigenvalue weighted by atomic mass is 32.1. The summed E-state index contributed by atoms with van der Waals surface area (Å²) in [5.41, 5.74) is 3.08. The van der Waals surface area contributed by atoms with Crippen molar-refractivity contribution in [2.75, 3.05) is 16.3 Å². The first-order valence-electron chi connectivity index (χ1n) is 11.2. The largest absolute Gasteiger partial charge is 0.346 e. The third kappa shape index (κ3) is 3.65. The average molecular weight is 417 g/mol. The molecule has 2 aliphatic rings. The average Bonchev–Trinajstić information content (AvgIpc) is 3.19. The van der Waals surface area contributed by atoms with Crippen molar-refractivity contribution in [3.8, 4) is 0 Å². The summed E-state index contributed by atoms with van der Waals surface area (Å²) >= 11 is 1.95. The first-order chi connectivity index (χ1) is 14.5. The van der Waals surface area contributed by atoms with Crippen LogP contribution in [0.15, 0.2) is 72.8 Å². The molecule has 1 aliphatic carbocycles. The fourth-order valence-electron chi connectivity index (χ4n) is 5.51. The lowest BCUT2D eigenvalue weighted by Crippen LogP contribution is -2.60. The molecule has 2 fully saturated rings. The summed E-state index contributed by atoms with van der Waals surface area (Å²) in [6.45, 7) is 8.28. The fourth-order valence-corrected chi connectivity index (χ4v) is 6.50. The molecule has 30 heavy (non-hydrogen) atoms. The molecule has 156 valence electrons. The second-order valence-electron chi connectivity index (χ2n) is 9.79. The van der Waals surface area contributed by atoms with Crippen molar-refractivity contribution in [3.63, 3.8) is 0 Å². The fraction of sp³-hybridized carbons (Fsp3) is 0.407. The Morgan fingerprint density at radius 3 is 2.17 bits per heavy atom. The van der Waals surface area contributed by atoms with Gasteiger partial charge in [-0.1, -0.05) is 50.2 Å². The molecule has 3 atom stereocenters. The molecule has 0 radical (unpaired) electrons. The van der Waals surface area contributed by atoms with Gasteiger partial charge in [0, 0.05) is 33.7 Å². The first kappa shape index (κ1) is 19.7. The van der Waals surface area contributed by atoms with Gasteiger partial charge in [0.05, 0.1) is 0 Å². The molecular weight excluding hydrogens is 384 g/mol. The maximum absolute atomic E-state index is 2.76. The van der Waals surface area contributed by atoms with Crippen LogP contribution in [0, 0.1) is 18.3 Å². The summed E-state index contributed by atoms with van der Waals surface area (Å²) < 4.78 is 0. The minimum atomic E-state index is 0.239. The van der Waals surface area contributed by atoms with Gasteiger partial charge < -0.3 is 9.80 Å². The van der Waals surface area contributed by atoms with Gasteiger partial charge in [0.2, 0.25) is 0 Å². The van der Waals surface area contributed by atoms with Crippen LogP contribution in [0.3, 0.4) is 0 Å². The smallest absolute Gasteiger partial charge is 0.138 e. The van der Waals surface area contributed by atoms with Crippen LogP contribution in [0.1, 0.15) is 49.0 Å². The topological polar surface area (TPSA) is 6.48 Å². The van der Waals surface area contributed by atoms with Crippen molar-refractivity contribution in [2.45, 2.75) is 52.2 Å². The number of fused-ring (bicyclic) bond motifs is 1. The number of anilines is 2. The number of nitrogens with zero attached hydrogens (tertiary/aromatic N) is 2. The second kappa shape index (κ2) is 7.77. The maximum atomic E-state index is 2.76. The van der Waals surface area contributed by atoms with E-state index in [1.165, 1.54) is 40.4 Å². The van der Waals surface area contributed by atoms with E-state index < -0.39 is 0 Å². The molecule has 3 heteroatoms. The Morgan fingerprint density at radius 2 is 1.53 bits per heavy atom. The van der Waals surface area contributed by atoms with Gasteiger partial charge in [-0.2, -0.15) is 0 Å². The van der Waals surface area contributed by atoms with Crippen LogP contribution >= 0.6 is 11.3 Å². The standard InChI is InChI=1S/C27H32N2S/c1-20-14-15-25(30-20)26-28(22-10-6-4-7-11-22)19-21-16-17-27(2,3)18-24(21)29(26)23-12-8-5-9-13-23/h4-15,21,24,26H,16-19H2,1-3H3. The van der Waals surface area contributed by atoms with Crippen molar-refractivity contribution in [1.29, 1.82) is 0 Å². The van der Waals surface area contributed by atoms with Gasteiger partial charge in [-0.05, 0) is 73.9 Å². The molecule has 0 N–H and O–H groups in total. The van der Waals surface area contributed by atoms with Crippen LogP contribution in [0.2, 0.25) is 0 Å². The zero-order chi connectivity index (χ0) is 20.7. The summed E-state index contributed by atoms with van der Waals surface area (Å²) in [6, 6.07) is 27.4. The van der Waals surface area contributed by atoms with E-state index in [-0.39, 0.29) is 6.17 Å². The van der Waals surface area contributed by atoms with Gasteiger partial charge in [0.15, 0.2) is 0 Å². The van der Waals surface area contributed by atoms with Gasteiger partial charge in [0.1, 0.15) is 6.17 Å². The van der Waals surface area contributed by atoms with Crippen molar-refractivity contribution in [3.05, 3.63) is 82.6 Å². The Labute approximate surface area is 185 Å². The molecule has 0 bridgehead atoms. The van der Waals surface area contributed by atoms with Gasteiger partial charge in [-0.25, -0.2) is 0 Å². The summed E-state index contributed by atoms with van der Waals surface area (Å²) in [4.78, 5) is 8.25. The molecule has 5 rings (SSSR count). The zero-order valence-electron chi connectivity index (χ0n) is 18.3. The molecule has 2 nitrogen and oxygen atoms in total. The van der Waals surface area contributed by atoms with Gasteiger partial charge in [-0.15, -0.1) is 11.3 Å². The number of thiophene rings is 1. The maximum Gasteiger partial charge on any atom is 0.138 e. The summed E-state index contributed by atoms with van der Waals surface area (Å²) in [5.74, 6) is 0.691. The summed E-state index contributed by atoms with van der Waals surface area (Å²) in [5, 5.41) is 0. The number of hydrogen-bond donors (Lipinski definition) is 0. The second-order valence-corrected chi connectivity index (χ2v) is 11.1. The molecule has 3 aromatic rings. The molecule has 1 saturated carbocycles. The van der Waals surface area contributed by atoms with Crippen LogP contribution in [0.4, 0.5) is 11.4 Å². The van der Waals surface area contributed by atoms with E-state index in [1.54, 1.807) is 0 Å². The minimum Gasteiger partial charge on any atom is -0.346 e. The lowest BCUT2D eigenvalue weighted by molar-refractivity contribution is 0.135. The van der Waals surface area contributed by atoms with Crippen LogP contribution in [0.5, 0.6) is 0 Å². The highest BCUT2D eigenvalue weighted by Crippen LogP contribution is 2.50. The Kier molecular flexibility index (Phi) is 5.10. The van der Waals surface area contributed by atoms with E-state index in [0.29, 0.717) is 17.4 Å². The molecule has 3 unspecified atom stereocenters. The number of hydrogen-bond acceptors (Lipinski definition) is 3. The lowest BCUT2D eigenvalue weighted by Gasteiger charge is -2.57. The molecule has 0 spiro atoms. The zero-order valence-corrected chi connectivity index (χ0v) is 19.1. The van der Waals surface area contributed by atoms with Crippen LogP contribution in [-0.2, 0) is 0 Å². The van der Waals surface area contributed by atoms with Gasteiger partial charge in [-0.3, -0.25) is 0 Å². The number of benzene rings is 2. The Bertz CT molecular complexity index is 978. The molecular formula is C27H32N2S. The molecule has 1 aliphatic heterocycles. The Morgan fingerprint density at radius 1 is 0.867 bits per heavy atom. The predicted octanol–water partition coefficient (Wildman–Crippen LogP) is 7.28. The minimum absolute atomic E-state index is 0.239. The van der Waals surface area contributed by atoms with E-state index in [4.69, 9.17) is 0 Å². The predicted molar refractivity (Wildman–Crippen MR) is 129 cm³/mol. The van der Waals surface area contributed by atoms with Crippen molar-refractivity contribution in [1.82, 2.24) is 0 Å². The van der Waals surface area contributed by atoms with Gasteiger partial charge >= 0.3 is 0 Å². The van der Waals surface area contributed by atoms with Crippen LogP contribution in [-0.4, -0.2) is 12.6 Å². The van der Waals surface area contributed by atoms with E-state index in [2.05, 4.69) is 103 Å². The third-order valence-electron chi connectivity index (χ3n) is 7.00. The third-order valence-corrected chi connectivity index (χ3v) is 8.04. The molecule has 2 heterocycles. The Hall–Kier alpha value is -2.26. The normalized spacial score (nSPS) is 25.8. The molecule has 2 aromatic carbocycles. The monoisotopic (exact) mass is 416 g/mol.